The van der Waals surface area contributed by atoms with Crippen molar-refractivity contribution in [1.29, 1.82) is 0 Å². The summed E-state index contributed by atoms with van der Waals surface area (Å²) in [7, 11) is -4.21. The fraction of sp³-hybridized carbons (Fsp3) is 0.143. The Kier molecular flexibility index (Phi) is 3.60. The van der Waals surface area contributed by atoms with Crippen LogP contribution in [0.2, 0.25) is 0 Å². The summed E-state index contributed by atoms with van der Waals surface area (Å²) in [6.07, 6.45) is -4.95. The predicted octanol–water partition coefficient (Wildman–Crippen LogP) is 1.58. The molecule has 0 unspecified atom stereocenters. The molecule has 0 aliphatic carbocycles. The second kappa shape index (κ2) is 4.35. The van der Waals surface area contributed by atoms with Gasteiger partial charge < -0.3 is 10.5 Å². The van der Waals surface area contributed by atoms with E-state index in [1.165, 1.54) is 0 Å². The van der Waals surface area contributed by atoms with E-state index >= 15 is 0 Å². The molecule has 0 aromatic heterocycles. The number of nitrogen functional groups attached to an aromatic ring is 1. The highest BCUT2D eigenvalue weighted by Gasteiger charge is 2.32. The molecule has 0 bridgehead atoms. The lowest BCUT2D eigenvalue weighted by atomic mass is 10.3. The fourth-order valence-electron chi connectivity index (χ4n) is 0.993. The maximum Gasteiger partial charge on any atom is 0.573 e. The molecule has 0 atom stereocenters. The lowest BCUT2D eigenvalue weighted by molar-refractivity contribution is -0.274. The number of sulfonamides is 1. The summed E-state index contributed by atoms with van der Waals surface area (Å²) >= 11 is 2.81. The van der Waals surface area contributed by atoms with Crippen molar-refractivity contribution in [3.63, 3.8) is 0 Å². The van der Waals surface area contributed by atoms with Crippen molar-refractivity contribution in [2.75, 3.05) is 5.73 Å². The van der Waals surface area contributed by atoms with Crippen LogP contribution in [0.4, 0.5) is 18.9 Å². The van der Waals surface area contributed by atoms with Crippen molar-refractivity contribution < 1.29 is 26.3 Å². The van der Waals surface area contributed by atoms with Crippen LogP contribution in [0, 0.1) is 0 Å². The third-order valence-corrected chi connectivity index (χ3v) is 3.66. The first-order valence-corrected chi connectivity index (χ1v) is 6.22. The molecule has 0 spiro atoms. The molecular weight excluding hydrogens is 329 g/mol. The minimum Gasteiger partial charge on any atom is -0.406 e. The summed E-state index contributed by atoms with van der Waals surface area (Å²) in [6.45, 7) is 0. The molecule has 0 saturated carbocycles. The number of alkyl halides is 3. The van der Waals surface area contributed by atoms with E-state index in [1.54, 1.807) is 0 Å². The van der Waals surface area contributed by atoms with E-state index in [4.69, 9.17) is 10.9 Å². The van der Waals surface area contributed by atoms with E-state index in [9.17, 15) is 21.6 Å². The average molecular weight is 335 g/mol. The van der Waals surface area contributed by atoms with Gasteiger partial charge in [0.05, 0.1) is 10.2 Å². The Morgan fingerprint density at radius 2 is 1.82 bits per heavy atom. The van der Waals surface area contributed by atoms with Gasteiger partial charge in [-0.1, -0.05) is 0 Å². The normalized spacial score (nSPS) is 12.5. The Hall–Kier alpha value is -1.00. The first-order valence-electron chi connectivity index (χ1n) is 3.88. The smallest absolute Gasteiger partial charge is 0.406 e. The zero-order chi connectivity index (χ0) is 13.4. The summed E-state index contributed by atoms with van der Waals surface area (Å²) < 4.78 is 61.4. The van der Waals surface area contributed by atoms with Crippen molar-refractivity contribution in [3.8, 4) is 5.75 Å². The summed E-state index contributed by atoms with van der Waals surface area (Å²) in [5.74, 6) is -0.762. The molecule has 1 aromatic rings. The molecule has 1 rings (SSSR count). The number of halogens is 4. The minimum absolute atomic E-state index is 0.116. The van der Waals surface area contributed by atoms with Crippen LogP contribution in [0.3, 0.4) is 0 Å². The fourth-order valence-corrected chi connectivity index (χ4v) is 2.55. The van der Waals surface area contributed by atoms with Crippen LogP contribution in [-0.2, 0) is 10.0 Å². The SMILES string of the molecule is Nc1cc(OC(F)(F)F)cc(S(N)(=O)=O)c1Br. The highest BCUT2D eigenvalue weighted by atomic mass is 79.9. The van der Waals surface area contributed by atoms with E-state index < -0.39 is 27.0 Å². The summed E-state index contributed by atoms with van der Waals surface area (Å²) in [6, 6.07) is 1.45. The molecule has 0 aliphatic rings. The highest BCUT2D eigenvalue weighted by molar-refractivity contribution is 9.10. The third kappa shape index (κ3) is 3.75. The quantitative estimate of drug-likeness (QED) is 0.802. The van der Waals surface area contributed by atoms with Gasteiger partial charge in [-0.25, -0.2) is 13.6 Å². The molecule has 0 aliphatic heterocycles. The van der Waals surface area contributed by atoms with Crippen molar-refractivity contribution >= 4 is 31.6 Å². The Balaban J connectivity index is 3.35. The number of ether oxygens (including phenoxy) is 1. The Labute approximate surface area is 103 Å². The van der Waals surface area contributed by atoms with Gasteiger partial charge in [0.25, 0.3) is 0 Å². The van der Waals surface area contributed by atoms with Crippen LogP contribution in [0.25, 0.3) is 0 Å². The van der Waals surface area contributed by atoms with E-state index in [1.807, 2.05) is 0 Å². The van der Waals surface area contributed by atoms with E-state index in [0.717, 1.165) is 6.07 Å². The van der Waals surface area contributed by atoms with E-state index in [-0.39, 0.29) is 10.2 Å². The molecule has 17 heavy (non-hydrogen) atoms. The van der Waals surface area contributed by atoms with Gasteiger partial charge in [-0.3, -0.25) is 0 Å². The van der Waals surface area contributed by atoms with Crippen molar-refractivity contribution in [2.24, 2.45) is 5.14 Å². The van der Waals surface area contributed by atoms with Crippen molar-refractivity contribution in [3.05, 3.63) is 16.6 Å². The van der Waals surface area contributed by atoms with E-state index in [0.29, 0.717) is 6.07 Å². The van der Waals surface area contributed by atoms with Gasteiger partial charge in [-0.15, -0.1) is 13.2 Å². The lowest BCUT2D eigenvalue weighted by Crippen LogP contribution is -2.19. The van der Waals surface area contributed by atoms with Crippen LogP contribution in [0.5, 0.6) is 5.75 Å². The molecule has 10 heteroatoms. The van der Waals surface area contributed by atoms with Crippen LogP contribution >= 0.6 is 15.9 Å². The first-order chi connectivity index (χ1) is 7.50. The van der Waals surface area contributed by atoms with E-state index in [2.05, 4.69) is 20.7 Å². The maximum absolute atomic E-state index is 11.9. The zero-order valence-corrected chi connectivity index (χ0v) is 10.4. The largest absolute Gasteiger partial charge is 0.573 e. The van der Waals surface area contributed by atoms with Crippen molar-refractivity contribution in [2.45, 2.75) is 11.3 Å². The van der Waals surface area contributed by atoms with Crippen LogP contribution in [0.15, 0.2) is 21.5 Å². The first kappa shape index (κ1) is 14.1. The van der Waals surface area contributed by atoms with Crippen LogP contribution in [-0.4, -0.2) is 14.8 Å². The van der Waals surface area contributed by atoms with Gasteiger partial charge in [0.15, 0.2) is 0 Å². The number of hydrogen-bond acceptors (Lipinski definition) is 4. The van der Waals surface area contributed by atoms with Crippen molar-refractivity contribution in [1.82, 2.24) is 0 Å². The molecule has 0 saturated heterocycles. The molecule has 4 N–H and O–H groups in total. The molecule has 0 heterocycles. The Bertz CT molecular complexity index is 544. The summed E-state index contributed by atoms with van der Waals surface area (Å²) in [4.78, 5) is -0.586. The van der Waals surface area contributed by atoms with Gasteiger partial charge in [0, 0.05) is 12.1 Å². The van der Waals surface area contributed by atoms with Gasteiger partial charge in [-0.05, 0) is 15.9 Å². The lowest BCUT2D eigenvalue weighted by Gasteiger charge is -2.12. The van der Waals surface area contributed by atoms with Crippen LogP contribution < -0.4 is 15.6 Å². The van der Waals surface area contributed by atoms with Gasteiger partial charge in [-0.2, -0.15) is 0 Å². The molecular formula is C7H6BrF3N2O3S. The predicted molar refractivity (Wildman–Crippen MR) is 56.6 cm³/mol. The number of rotatable bonds is 2. The Morgan fingerprint density at radius 3 is 2.24 bits per heavy atom. The third-order valence-electron chi connectivity index (χ3n) is 1.58. The second-order valence-electron chi connectivity index (χ2n) is 2.92. The highest BCUT2D eigenvalue weighted by Crippen LogP contribution is 2.34. The van der Waals surface area contributed by atoms with Crippen LogP contribution in [0.1, 0.15) is 0 Å². The number of anilines is 1. The topological polar surface area (TPSA) is 95.4 Å². The monoisotopic (exact) mass is 334 g/mol. The van der Waals surface area contributed by atoms with Gasteiger partial charge in [0.2, 0.25) is 10.0 Å². The second-order valence-corrected chi connectivity index (χ2v) is 5.24. The minimum atomic E-state index is -4.95. The van der Waals surface area contributed by atoms with Gasteiger partial charge >= 0.3 is 6.36 Å². The molecule has 0 fully saturated rings. The molecule has 0 amide bonds. The molecule has 1 aromatic carbocycles. The Morgan fingerprint density at radius 1 is 1.29 bits per heavy atom. The standard InChI is InChI=1S/C7H6BrF3N2O3S/c8-6-4(12)1-3(16-7(9,10)11)2-5(6)17(13,14)15/h1-2H,12H2,(H2,13,14,15). The summed E-state index contributed by atoms with van der Waals surface area (Å²) in [5.41, 5.74) is 5.08. The number of benzene rings is 1. The molecule has 5 nitrogen and oxygen atoms in total. The van der Waals surface area contributed by atoms with Gasteiger partial charge in [0.1, 0.15) is 10.6 Å². The zero-order valence-electron chi connectivity index (χ0n) is 7.95. The number of primary sulfonamides is 1. The molecule has 0 radical (unpaired) electrons. The average Bonchev–Trinajstić information content (AvgIpc) is 2.06. The molecule has 96 valence electrons. The maximum atomic E-state index is 11.9. The summed E-state index contributed by atoms with van der Waals surface area (Å²) in [5, 5.41) is 4.81. The number of hydrogen-bond donors (Lipinski definition) is 2. The number of nitrogens with two attached hydrogens (primary N) is 2.